The number of aromatic nitrogens is 2. The fourth-order valence-electron chi connectivity index (χ4n) is 2.35. The SMILES string of the molecule is CCOC(=O)c1cn[nH]c1S(=O)(=O)NC1CCNC(C)C1.Cl. The first-order chi connectivity index (χ1) is 9.94. The number of esters is 1. The molecule has 10 heteroatoms. The van der Waals surface area contributed by atoms with Crippen molar-refractivity contribution in [3.63, 3.8) is 0 Å². The lowest BCUT2D eigenvalue weighted by Crippen LogP contribution is -2.46. The average Bonchev–Trinajstić information content (AvgIpc) is 2.88. The average molecular weight is 353 g/mol. The monoisotopic (exact) mass is 352 g/mol. The molecule has 0 spiro atoms. The van der Waals surface area contributed by atoms with E-state index in [-0.39, 0.29) is 41.7 Å². The highest BCUT2D eigenvalue weighted by Gasteiger charge is 2.29. The first-order valence-electron chi connectivity index (χ1n) is 6.90. The standard InChI is InChI=1S/C12H20N4O4S.ClH/c1-3-20-12(17)10-7-14-15-11(10)21(18,19)16-9-4-5-13-8(2)6-9;/h7-9,13,16H,3-6H2,1-2H3,(H,14,15);1H. The van der Waals surface area contributed by atoms with Crippen molar-refractivity contribution in [2.75, 3.05) is 13.2 Å². The van der Waals surface area contributed by atoms with Crippen molar-refractivity contribution in [3.8, 4) is 0 Å². The largest absolute Gasteiger partial charge is 0.462 e. The Labute approximate surface area is 135 Å². The van der Waals surface area contributed by atoms with Gasteiger partial charge in [0.15, 0.2) is 5.03 Å². The number of nitrogens with zero attached hydrogens (tertiary/aromatic N) is 1. The van der Waals surface area contributed by atoms with Crippen LogP contribution in [0.25, 0.3) is 0 Å². The summed E-state index contributed by atoms with van der Waals surface area (Å²) in [6.07, 6.45) is 2.56. The number of nitrogens with one attached hydrogen (secondary N) is 3. The van der Waals surface area contributed by atoms with E-state index in [0.29, 0.717) is 12.8 Å². The van der Waals surface area contributed by atoms with Gasteiger partial charge in [-0.05, 0) is 33.2 Å². The highest BCUT2D eigenvalue weighted by Crippen LogP contribution is 2.16. The molecule has 2 rings (SSSR count). The lowest BCUT2D eigenvalue weighted by Gasteiger charge is -2.28. The van der Waals surface area contributed by atoms with Crippen molar-refractivity contribution in [2.45, 2.75) is 43.8 Å². The normalized spacial score (nSPS) is 21.9. The van der Waals surface area contributed by atoms with Crippen molar-refractivity contribution in [1.82, 2.24) is 20.2 Å². The van der Waals surface area contributed by atoms with E-state index in [0.717, 1.165) is 12.7 Å². The molecule has 0 radical (unpaired) electrons. The molecule has 126 valence electrons. The molecular weight excluding hydrogens is 332 g/mol. The van der Waals surface area contributed by atoms with E-state index in [2.05, 4.69) is 20.2 Å². The Morgan fingerprint density at radius 3 is 2.91 bits per heavy atom. The molecule has 0 bridgehead atoms. The molecular formula is C12H21ClN4O4S. The van der Waals surface area contributed by atoms with Gasteiger partial charge in [0.25, 0.3) is 10.0 Å². The molecule has 1 saturated heterocycles. The first-order valence-corrected chi connectivity index (χ1v) is 8.38. The first kappa shape index (κ1) is 18.9. The molecule has 8 nitrogen and oxygen atoms in total. The van der Waals surface area contributed by atoms with E-state index < -0.39 is 16.0 Å². The molecule has 2 unspecified atom stereocenters. The van der Waals surface area contributed by atoms with E-state index in [9.17, 15) is 13.2 Å². The summed E-state index contributed by atoms with van der Waals surface area (Å²) in [6, 6.07) is 0.0855. The third-order valence-electron chi connectivity index (χ3n) is 3.31. The minimum absolute atomic E-state index is 0. The smallest absolute Gasteiger partial charge is 0.342 e. The number of halogens is 1. The third kappa shape index (κ3) is 4.42. The Balaban J connectivity index is 0.00000242. The maximum absolute atomic E-state index is 12.4. The number of carbonyl (C=O) groups is 1. The minimum Gasteiger partial charge on any atom is -0.462 e. The summed E-state index contributed by atoms with van der Waals surface area (Å²) in [5.41, 5.74) is -0.0775. The molecule has 3 N–H and O–H groups in total. The Bertz CT molecular complexity index is 604. The quantitative estimate of drug-likeness (QED) is 0.662. The molecule has 1 aromatic rings. The van der Waals surface area contributed by atoms with Crippen LogP contribution in [0.3, 0.4) is 0 Å². The molecule has 0 amide bonds. The number of carbonyl (C=O) groups excluding carboxylic acids is 1. The van der Waals surface area contributed by atoms with Crippen LogP contribution in [0.2, 0.25) is 0 Å². The maximum atomic E-state index is 12.4. The van der Waals surface area contributed by atoms with Crippen LogP contribution in [-0.4, -0.2) is 49.8 Å². The van der Waals surface area contributed by atoms with Crippen LogP contribution < -0.4 is 10.0 Å². The van der Waals surface area contributed by atoms with E-state index in [1.807, 2.05) is 6.92 Å². The van der Waals surface area contributed by atoms with Crippen molar-refractivity contribution < 1.29 is 17.9 Å². The molecule has 0 aromatic carbocycles. The van der Waals surface area contributed by atoms with Crippen molar-refractivity contribution in [3.05, 3.63) is 11.8 Å². The number of H-pyrrole nitrogens is 1. The number of hydrogen-bond donors (Lipinski definition) is 3. The van der Waals surface area contributed by atoms with Gasteiger partial charge in [0, 0.05) is 12.1 Å². The van der Waals surface area contributed by atoms with Crippen LogP contribution >= 0.6 is 12.4 Å². The van der Waals surface area contributed by atoms with Crippen LogP contribution in [-0.2, 0) is 14.8 Å². The van der Waals surface area contributed by atoms with Crippen molar-refractivity contribution in [1.29, 1.82) is 0 Å². The van der Waals surface area contributed by atoms with Gasteiger partial charge in [0.1, 0.15) is 5.56 Å². The zero-order valence-electron chi connectivity index (χ0n) is 12.5. The van der Waals surface area contributed by atoms with Gasteiger partial charge in [-0.25, -0.2) is 17.9 Å². The summed E-state index contributed by atoms with van der Waals surface area (Å²) in [7, 11) is -3.83. The molecule has 2 heterocycles. The molecule has 2 atom stereocenters. The predicted octanol–water partition coefficient (Wildman–Crippen LogP) is 0.427. The van der Waals surface area contributed by atoms with Crippen molar-refractivity contribution in [2.24, 2.45) is 0 Å². The number of hydrogen-bond acceptors (Lipinski definition) is 6. The van der Waals surface area contributed by atoms with Gasteiger partial charge in [-0.1, -0.05) is 0 Å². The number of sulfonamides is 1. The Morgan fingerprint density at radius 2 is 2.27 bits per heavy atom. The van der Waals surface area contributed by atoms with Crippen LogP contribution in [0.1, 0.15) is 37.0 Å². The van der Waals surface area contributed by atoms with E-state index >= 15 is 0 Å². The molecule has 1 aliphatic heterocycles. The van der Waals surface area contributed by atoms with Gasteiger partial charge in [-0.3, -0.25) is 5.10 Å². The lowest BCUT2D eigenvalue weighted by molar-refractivity contribution is 0.0521. The summed E-state index contributed by atoms with van der Waals surface area (Å²) in [5, 5.41) is 9.02. The summed E-state index contributed by atoms with van der Waals surface area (Å²) >= 11 is 0. The van der Waals surface area contributed by atoms with E-state index in [4.69, 9.17) is 4.74 Å². The summed E-state index contributed by atoms with van der Waals surface area (Å²) in [4.78, 5) is 11.7. The molecule has 1 aromatic heterocycles. The van der Waals surface area contributed by atoms with Gasteiger partial charge >= 0.3 is 5.97 Å². The fraction of sp³-hybridized carbons (Fsp3) is 0.667. The highest BCUT2D eigenvalue weighted by molar-refractivity contribution is 7.89. The molecule has 0 saturated carbocycles. The molecule has 1 aliphatic rings. The highest BCUT2D eigenvalue weighted by atomic mass is 35.5. The maximum Gasteiger partial charge on any atom is 0.342 e. The number of ether oxygens (including phenoxy) is 1. The Morgan fingerprint density at radius 1 is 1.55 bits per heavy atom. The summed E-state index contributed by atoms with van der Waals surface area (Å²) in [6.45, 7) is 4.58. The predicted molar refractivity (Wildman–Crippen MR) is 82.6 cm³/mol. The van der Waals surface area contributed by atoms with Crippen LogP contribution in [0, 0.1) is 0 Å². The van der Waals surface area contributed by atoms with Crippen LogP contribution in [0.5, 0.6) is 0 Å². The Kier molecular flexibility index (Phi) is 6.79. The molecule has 22 heavy (non-hydrogen) atoms. The second-order valence-electron chi connectivity index (χ2n) is 5.03. The molecule has 0 aliphatic carbocycles. The van der Waals surface area contributed by atoms with Crippen molar-refractivity contribution >= 4 is 28.4 Å². The van der Waals surface area contributed by atoms with Crippen LogP contribution in [0.15, 0.2) is 11.2 Å². The van der Waals surface area contributed by atoms with Gasteiger partial charge in [0.05, 0.1) is 12.8 Å². The number of piperidine rings is 1. The van der Waals surface area contributed by atoms with Crippen LogP contribution in [0.4, 0.5) is 0 Å². The second-order valence-corrected chi connectivity index (χ2v) is 6.68. The van der Waals surface area contributed by atoms with E-state index in [1.54, 1.807) is 6.92 Å². The van der Waals surface area contributed by atoms with Gasteiger partial charge in [0.2, 0.25) is 0 Å². The van der Waals surface area contributed by atoms with Gasteiger partial charge in [-0.15, -0.1) is 12.4 Å². The summed E-state index contributed by atoms with van der Waals surface area (Å²) < 4.78 is 32.2. The zero-order chi connectivity index (χ0) is 15.5. The van der Waals surface area contributed by atoms with Gasteiger partial charge < -0.3 is 10.1 Å². The lowest BCUT2D eigenvalue weighted by atomic mass is 10.0. The second kappa shape index (κ2) is 7.91. The van der Waals surface area contributed by atoms with Gasteiger partial charge in [-0.2, -0.15) is 5.10 Å². The molecule has 1 fully saturated rings. The third-order valence-corrected chi connectivity index (χ3v) is 4.81. The fourth-order valence-corrected chi connectivity index (χ4v) is 3.72. The van der Waals surface area contributed by atoms with E-state index in [1.165, 1.54) is 0 Å². The minimum atomic E-state index is -3.83. The summed E-state index contributed by atoms with van der Waals surface area (Å²) in [5.74, 6) is -0.703. The zero-order valence-corrected chi connectivity index (χ0v) is 14.1. The Hall–Kier alpha value is -1.16. The number of rotatable bonds is 5. The number of aromatic amines is 1. The topological polar surface area (TPSA) is 113 Å².